The van der Waals surface area contributed by atoms with E-state index in [0.29, 0.717) is 0 Å². The number of esters is 1. The van der Waals surface area contributed by atoms with Gasteiger partial charge in [0.25, 0.3) is 11.8 Å². The van der Waals surface area contributed by atoms with E-state index in [0.717, 1.165) is 16.0 Å². The van der Waals surface area contributed by atoms with Gasteiger partial charge >= 0.3 is 5.97 Å². The summed E-state index contributed by atoms with van der Waals surface area (Å²) in [6, 6.07) is 23.1. The monoisotopic (exact) mass is 567 g/mol. The van der Waals surface area contributed by atoms with Crippen LogP contribution in [0.1, 0.15) is 31.8 Å². The predicted molar refractivity (Wildman–Crippen MR) is 142 cm³/mol. The van der Waals surface area contributed by atoms with E-state index in [1.807, 2.05) is 60.7 Å². The highest BCUT2D eigenvalue weighted by molar-refractivity contribution is 6.26. The van der Waals surface area contributed by atoms with E-state index >= 15 is 4.39 Å². The molecule has 0 unspecified atom stereocenters. The van der Waals surface area contributed by atoms with E-state index in [1.54, 1.807) is 12.1 Å². The van der Waals surface area contributed by atoms with Crippen LogP contribution in [0.2, 0.25) is 0 Å². The van der Waals surface area contributed by atoms with Crippen LogP contribution in [0.3, 0.4) is 0 Å². The number of rotatable bonds is 10. The first-order valence-corrected chi connectivity index (χ1v) is 13.3. The number of carbonyl (C=O) groups is 3. The number of halogens is 2. The zero-order valence-electron chi connectivity index (χ0n) is 21.4. The van der Waals surface area contributed by atoms with Gasteiger partial charge in [0.1, 0.15) is 24.1 Å². The highest BCUT2D eigenvalue weighted by Crippen LogP contribution is 2.36. The van der Waals surface area contributed by atoms with Gasteiger partial charge in [0.15, 0.2) is 6.10 Å². The molecule has 1 fully saturated rings. The van der Waals surface area contributed by atoms with Gasteiger partial charge < -0.3 is 18.9 Å². The maximum atomic E-state index is 16.0. The number of hydrogen-bond acceptors (Lipinski definition) is 7. The van der Waals surface area contributed by atoms with Crippen molar-refractivity contribution in [3.05, 3.63) is 107 Å². The van der Waals surface area contributed by atoms with Gasteiger partial charge in [-0.2, -0.15) is 0 Å². The highest BCUT2D eigenvalue weighted by Gasteiger charge is 2.56. The number of fused-ring (bicyclic) bond motifs is 1. The smallest absolute Gasteiger partial charge is 0.321 e. The summed E-state index contributed by atoms with van der Waals surface area (Å²) in [6.45, 7) is 0.0329. The fourth-order valence-electron chi connectivity index (χ4n) is 4.91. The molecular formula is C30H27ClFNO7. The molecule has 2 aliphatic rings. The summed E-state index contributed by atoms with van der Waals surface area (Å²) in [7, 11) is 0. The first-order valence-electron chi connectivity index (χ1n) is 12.8. The number of ether oxygens (including phenoxy) is 4. The zero-order valence-corrected chi connectivity index (χ0v) is 22.1. The molecule has 40 heavy (non-hydrogen) atoms. The van der Waals surface area contributed by atoms with Crippen LogP contribution >= 0.6 is 11.6 Å². The maximum absolute atomic E-state index is 16.0. The largest absolute Gasteiger partial charge is 0.456 e. The van der Waals surface area contributed by atoms with Crippen LogP contribution in [0.4, 0.5) is 4.39 Å². The van der Waals surface area contributed by atoms with Gasteiger partial charge in [-0.1, -0.05) is 72.8 Å². The van der Waals surface area contributed by atoms with Gasteiger partial charge in [-0.25, -0.2) is 4.39 Å². The van der Waals surface area contributed by atoms with Gasteiger partial charge in [-0.15, -0.1) is 11.6 Å². The van der Waals surface area contributed by atoms with Crippen molar-refractivity contribution in [1.82, 2.24) is 4.90 Å². The number of amides is 2. The molecule has 0 saturated carbocycles. The van der Waals surface area contributed by atoms with Crippen molar-refractivity contribution in [1.29, 1.82) is 0 Å². The van der Waals surface area contributed by atoms with Gasteiger partial charge in [-0.05, 0) is 23.3 Å². The lowest BCUT2D eigenvalue weighted by molar-refractivity contribution is -0.260. The zero-order chi connectivity index (χ0) is 28.1. The molecule has 2 heterocycles. The SMILES string of the molecule is O=C(CCl)O[C@H]1[C@H](OCc2ccccc2)[C@@H](N2C(=O)c3ccccc3C2=O)[C@H](F)O[C@@H]1COCc1ccccc1. The quantitative estimate of drug-likeness (QED) is 0.205. The molecule has 0 N–H and O–H groups in total. The summed E-state index contributed by atoms with van der Waals surface area (Å²) in [4.78, 5) is 39.9. The maximum Gasteiger partial charge on any atom is 0.321 e. The van der Waals surface area contributed by atoms with Crippen LogP contribution in [-0.2, 0) is 37.0 Å². The van der Waals surface area contributed by atoms with Crippen molar-refractivity contribution in [2.75, 3.05) is 12.5 Å². The first kappa shape index (κ1) is 27.9. The topological polar surface area (TPSA) is 91.4 Å². The van der Waals surface area contributed by atoms with E-state index in [2.05, 4.69) is 0 Å². The van der Waals surface area contributed by atoms with E-state index < -0.39 is 54.4 Å². The fraction of sp³-hybridized carbons (Fsp3) is 0.300. The lowest BCUT2D eigenvalue weighted by Crippen LogP contribution is -2.65. The average Bonchev–Trinajstić information content (AvgIpc) is 3.23. The Hall–Kier alpha value is -3.63. The molecule has 10 heteroatoms. The third kappa shape index (κ3) is 5.93. The van der Waals surface area contributed by atoms with E-state index in [9.17, 15) is 14.4 Å². The Morgan fingerprint density at radius 1 is 0.825 bits per heavy atom. The van der Waals surface area contributed by atoms with Crippen LogP contribution < -0.4 is 0 Å². The summed E-state index contributed by atoms with van der Waals surface area (Å²) in [5.74, 6) is -2.65. The first-order chi connectivity index (χ1) is 19.5. The predicted octanol–water partition coefficient (Wildman–Crippen LogP) is 4.30. The van der Waals surface area contributed by atoms with Gasteiger partial charge in [0.2, 0.25) is 6.36 Å². The lowest BCUT2D eigenvalue weighted by atomic mass is 9.95. The molecule has 0 radical (unpaired) electrons. The summed E-state index contributed by atoms with van der Waals surface area (Å²) < 4.78 is 39.2. The van der Waals surface area contributed by atoms with Crippen molar-refractivity contribution in [2.45, 2.75) is 43.9 Å². The molecule has 2 aliphatic heterocycles. The molecule has 3 aromatic carbocycles. The third-order valence-electron chi connectivity index (χ3n) is 6.78. The second kappa shape index (κ2) is 12.7. The Morgan fingerprint density at radius 2 is 1.38 bits per heavy atom. The van der Waals surface area contributed by atoms with E-state index in [-0.39, 0.29) is 30.9 Å². The second-order valence-electron chi connectivity index (χ2n) is 9.39. The molecule has 1 saturated heterocycles. The number of nitrogens with zero attached hydrogens (tertiary/aromatic N) is 1. The van der Waals surface area contributed by atoms with Crippen molar-refractivity contribution >= 4 is 29.4 Å². The third-order valence-corrected chi connectivity index (χ3v) is 7.00. The lowest BCUT2D eigenvalue weighted by Gasteiger charge is -2.45. The average molecular weight is 568 g/mol. The van der Waals surface area contributed by atoms with Crippen LogP contribution in [0.5, 0.6) is 0 Å². The Morgan fingerprint density at radius 3 is 1.95 bits per heavy atom. The van der Waals surface area contributed by atoms with E-state index in [1.165, 1.54) is 12.1 Å². The van der Waals surface area contributed by atoms with Crippen LogP contribution in [0.15, 0.2) is 84.9 Å². The molecule has 0 bridgehead atoms. The molecule has 5 atom stereocenters. The summed E-state index contributed by atoms with van der Waals surface area (Å²) in [5.41, 5.74) is 1.92. The van der Waals surface area contributed by atoms with Gasteiger partial charge in [-0.3, -0.25) is 19.3 Å². The Bertz CT molecular complexity index is 1310. The van der Waals surface area contributed by atoms with Crippen molar-refractivity contribution in [3.63, 3.8) is 0 Å². The number of benzene rings is 3. The van der Waals surface area contributed by atoms with Crippen LogP contribution in [0.25, 0.3) is 0 Å². The van der Waals surface area contributed by atoms with Gasteiger partial charge in [0.05, 0.1) is 30.9 Å². The molecule has 0 aromatic heterocycles. The second-order valence-corrected chi connectivity index (χ2v) is 9.66. The minimum Gasteiger partial charge on any atom is -0.456 e. The Kier molecular flexibility index (Phi) is 8.86. The van der Waals surface area contributed by atoms with Gasteiger partial charge in [0, 0.05) is 0 Å². The molecule has 5 rings (SSSR count). The standard InChI is InChI=1S/C30H27ClFNO7/c31-15-24(34)40-26-23(18-37-16-19-9-3-1-4-10-19)39-28(32)25(27(26)38-17-20-11-5-2-6-12-20)33-29(35)21-13-7-8-14-22(21)30(33)36/h1-14,23,25-28H,15-18H2/t23-,25-,26-,27-,28-/m1/s1. The highest BCUT2D eigenvalue weighted by atomic mass is 35.5. The Labute approximate surface area is 235 Å². The van der Waals surface area contributed by atoms with Crippen molar-refractivity contribution < 1.29 is 37.7 Å². The fourth-order valence-corrected chi connectivity index (χ4v) is 4.97. The number of alkyl halides is 2. The minimum atomic E-state index is -2.15. The normalized spacial score (nSPS) is 24.1. The molecule has 0 spiro atoms. The van der Waals surface area contributed by atoms with Crippen LogP contribution in [-0.4, -0.2) is 65.9 Å². The summed E-state index contributed by atoms with van der Waals surface area (Å²) in [6.07, 6.45) is -5.80. The molecule has 3 aromatic rings. The Balaban J connectivity index is 1.45. The summed E-state index contributed by atoms with van der Waals surface area (Å²) >= 11 is 5.74. The van der Waals surface area contributed by atoms with Crippen molar-refractivity contribution in [2.24, 2.45) is 0 Å². The summed E-state index contributed by atoms with van der Waals surface area (Å²) in [5, 5.41) is 0. The molecule has 2 amide bonds. The molecular weight excluding hydrogens is 541 g/mol. The minimum absolute atomic E-state index is 0.00951. The van der Waals surface area contributed by atoms with Crippen LogP contribution in [0, 0.1) is 0 Å². The number of imide groups is 1. The molecule has 8 nitrogen and oxygen atoms in total. The van der Waals surface area contributed by atoms with E-state index in [4.69, 9.17) is 30.5 Å². The van der Waals surface area contributed by atoms with Crippen molar-refractivity contribution in [3.8, 4) is 0 Å². The molecule has 0 aliphatic carbocycles. The molecule has 208 valence electrons. The number of carbonyl (C=O) groups excluding carboxylic acids is 3. The number of hydrogen-bond donors (Lipinski definition) is 0.